The van der Waals surface area contributed by atoms with E-state index in [0.29, 0.717) is 18.1 Å². The molecule has 0 bridgehead atoms. The fourth-order valence-electron chi connectivity index (χ4n) is 1.99. The molecule has 1 amide bonds. The predicted molar refractivity (Wildman–Crippen MR) is 90.9 cm³/mol. The lowest BCUT2D eigenvalue weighted by Crippen LogP contribution is -2.27. The summed E-state index contributed by atoms with van der Waals surface area (Å²) >= 11 is 1.15. The number of carbonyl (C=O) groups is 1. The molecule has 136 valence electrons. The molecule has 9 heteroatoms. The third-order valence-electron chi connectivity index (χ3n) is 3.34. The van der Waals surface area contributed by atoms with Gasteiger partial charge in [0.1, 0.15) is 17.3 Å². The van der Waals surface area contributed by atoms with Crippen LogP contribution in [0.5, 0.6) is 5.75 Å². The van der Waals surface area contributed by atoms with Gasteiger partial charge in [-0.3, -0.25) is 4.79 Å². The normalized spacial score (nSPS) is 10.7. The van der Waals surface area contributed by atoms with Gasteiger partial charge in [-0.1, -0.05) is 11.8 Å². The summed E-state index contributed by atoms with van der Waals surface area (Å²) in [6.07, 6.45) is 1.57. The third kappa shape index (κ3) is 5.09. The standard InChI is InChI=1S/C17H16FN3O4S/c1-21(9-14-3-2-8-23-14)16(22)11-26-17-20-19-15(25-17)10-24-13-6-4-12(18)5-7-13/h2-8H,9-11H2,1H3. The summed E-state index contributed by atoms with van der Waals surface area (Å²) in [6, 6.07) is 9.20. The summed E-state index contributed by atoms with van der Waals surface area (Å²) < 4.78 is 28.9. The number of aromatic nitrogens is 2. The van der Waals surface area contributed by atoms with E-state index >= 15 is 0 Å². The molecule has 0 aliphatic carbocycles. The summed E-state index contributed by atoms with van der Waals surface area (Å²) in [7, 11) is 1.70. The fraction of sp³-hybridized carbons (Fsp3) is 0.235. The number of thioether (sulfide) groups is 1. The topological polar surface area (TPSA) is 81.6 Å². The Kier molecular flexibility index (Phi) is 5.90. The van der Waals surface area contributed by atoms with E-state index in [-0.39, 0.29) is 35.2 Å². The van der Waals surface area contributed by atoms with E-state index in [1.807, 2.05) is 6.07 Å². The molecule has 26 heavy (non-hydrogen) atoms. The molecule has 0 aliphatic rings. The van der Waals surface area contributed by atoms with Crippen molar-refractivity contribution in [3.8, 4) is 5.75 Å². The highest BCUT2D eigenvalue weighted by atomic mass is 32.2. The minimum atomic E-state index is -0.337. The molecule has 0 saturated heterocycles. The number of nitrogens with zero attached hydrogens (tertiary/aromatic N) is 3. The predicted octanol–water partition coefficient (Wildman–Crippen LogP) is 3.13. The Labute approximate surface area is 153 Å². The molecule has 0 radical (unpaired) electrons. The van der Waals surface area contributed by atoms with E-state index in [1.54, 1.807) is 24.3 Å². The Morgan fingerprint density at radius 3 is 2.81 bits per heavy atom. The van der Waals surface area contributed by atoms with E-state index in [9.17, 15) is 9.18 Å². The Morgan fingerprint density at radius 2 is 2.08 bits per heavy atom. The van der Waals surface area contributed by atoms with Crippen LogP contribution >= 0.6 is 11.8 Å². The second kappa shape index (κ2) is 8.52. The lowest BCUT2D eigenvalue weighted by molar-refractivity contribution is -0.127. The van der Waals surface area contributed by atoms with Gasteiger partial charge in [0, 0.05) is 7.05 Å². The van der Waals surface area contributed by atoms with E-state index in [0.717, 1.165) is 11.8 Å². The van der Waals surface area contributed by atoms with Crippen LogP contribution in [-0.2, 0) is 17.9 Å². The smallest absolute Gasteiger partial charge is 0.277 e. The Balaban J connectivity index is 1.44. The molecule has 0 aliphatic heterocycles. The zero-order chi connectivity index (χ0) is 18.4. The van der Waals surface area contributed by atoms with Crippen molar-refractivity contribution in [3.63, 3.8) is 0 Å². The summed E-state index contributed by atoms with van der Waals surface area (Å²) in [4.78, 5) is 13.7. The molecule has 0 N–H and O–H groups in total. The van der Waals surface area contributed by atoms with E-state index in [2.05, 4.69) is 10.2 Å². The minimum Gasteiger partial charge on any atom is -0.484 e. The van der Waals surface area contributed by atoms with Gasteiger partial charge < -0.3 is 18.5 Å². The van der Waals surface area contributed by atoms with Crippen LogP contribution in [0.25, 0.3) is 0 Å². The summed E-state index contributed by atoms with van der Waals surface area (Å²) in [6.45, 7) is 0.457. The lowest BCUT2D eigenvalue weighted by atomic mass is 10.3. The average molecular weight is 377 g/mol. The van der Waals surface area contributed by atoms with Gasteiger partial charge in [0.2, 0.25) is 5.91 Å². The van der Waals surface area contributed by atoms with Crippen molar-refractivity contribution in [2.75, 3.05) is 12.8 Å². The van der Waals surface area contributed by atoms with Crippen molar-refractivity contribution >= 4 is 17.7 Å². The maximum atomic E-state index is 12.8. The van der Waals surface area contributed by atoms with Crippen LogP contribution in [0.1, 0.15) is 11.7 Å². The van der Waals surface area contributed by atoms with Gasteiger partial charge in [0.05, 0.1) is 18.6 Å². The number of rotatable bonds is 8. The van der Waals surface area contributed by atoms with Gasteiger partial charge in [0.15, 0.2) is 6.61 Å². The molecule has 0 atom stereocenters. The molecule has 0 fully saturated rings. The van der Waals surface area contributed by atoms with Gasteiger partial charge >= 0.3 is 0 Å². The summed E-state index contributed by atoms with van der Waals surface area (Å²) in [5.74, 6) is 1.22. The van der Waals surface area contributed by atoms with Crippen molar-refractivity contribution < 1.29 is 22.8 Å². The number of hydrogen-bond donors (Lipinski definition) is 0. The minimum absolute atomic E-state index is 0.0610. The maximum absolute atomic E-state index is 12.8. The molecule has 2 aromatic heterocycles. The van der Waals surface area contributed by atoms with Crippen molar-refractivity contribution in [2.24, 2.45) is 0 Å². The molecule has 2 heterocycles. The largest absolute Gasteiger partial charge is 0.484 e. The second-order valence-corrected chi connectivity index (χ2v) is 6.25. The van der Waals surface area contributed by atoms with Crippen LogP contribution in [0.15, 0.2) is 56.7 Å². The number of carbonyl (C=O) groups excluding carboxylic acids is 1. The Morgan fingerprint density at radius 1 is 1.27 bits per heavy atom. The van der Waals surface area contributed by atoms with E-state index in [1.165, 1.54) is 24.3 Å². The first kappa shape index (κ1) is 18.0. The zero-order valence-electron chi connectivity index (χ0n) is 13.9. The molecule has 7 nitrogen and oxygen atoms in total. The van der Waals surface area contributed by atoms with Crippen molar-refractivity contribution in [1.82, 2.24) is 15.1 Å². The number of ether oxygens (including phenoxy) is 1. The van der Waals surface area contributed by atoms with E-state index < -0.39 is 0 Å². The monoisotopic (exact) mass is 377 g/mol. The van der Waals surface area contributed by atoms with Gasteiger partial charge in [-0.2, -0.15) is 0 Å². The average Bonchev–Trinajstić information content (AvgIpc) is 3.31. The lowest BCUT2D eigenvalue weighted by Gasteiger charge is -2.14. The van der Waals surface area contributed by atoms with Crippen LogP contribution in [0.3, 0.4) is 0 Å². The molecule has 1 aromatic carbocycles. The molecule has 0 unspecified atom stereocenters. The van der Waals surface area contributed by atoms with Crippen molar-refractivity contribution in [1.29, 1.82) is 0 Å². The Hall–Kier alpha value is -2.81. The number of halogens is 1. The SMILES string of the molecule is CN(Cc1ccco1)C(=O)CSc1nnc(COc2ccc(F)cc2)o1. The zero-order valence-corrected chi connectivity index (χ0v) is 14.7. The summed E-state index contributed by atoms with van der Waals surface area (Å²) in [5.41, 5.74) is 0. The number of benzene rings is 1. The van der Waals surface area contributed by atoms with Crippen LogP contribution < -0.4 is 4.74 Å². The highest BCUT2D eigenvalue weighted by molar-refractivity contribution is 7.99. The molecular formula is C17H16FN3O4S. The van der Waals surface area contributed by atoms with Gasteiger partial charge in [-0.25, -0.2) is 4.39 Å². The Bertz CT molecular complexity index is 836. The molecular weight excluding hydrogens is 361 g/mol. The number of furan rings is 1. The molecule has 3 rings (SSSR count). The van der Waals surface area contributed by atoms with Crippen molar-refractivity contribution in [3.05, 3.63) is 60.1 Å². The first-order chi connectivity index (χ1) is 12.6. The van der Waals surface area contributed by atoms with Gasteiger partial charge in [0.25, 0.3) is 11.1 Å². The molecule has 3 aromatic rings. The highest BCUT2D eigenvalue weighted by Gasteiger charge is 2.14. The third-order valence-corrected chi connectivity index (χ3v) is 4.15. The maximum Gasteiger partial charge on any atom is 0.277 e. The van der Waals surface area contributed by atoms with E-state index in [4.69, 9.17) is 13.6 Å². The fourth-order valence-corrected chi connectivity index (χ4v) is 2.71. The molecule has 0 saturated carbocycles. The van der Waals surface area contributed by atoms with Gasteiger partial charge in [-0.05, 0) is 36.4 Å². The van der Waals surface area contributed by atoms with Crippen LogP contribution in [0, 0.1) is 5.82 Å². The molecule has 0 spiro atoms. The number of amides is 1. The van der Waals surface area contributed by atoms with Crippen LogP contribution in [0.4, 0.5) is 4.39 Å². The first-order valence-corrected chi connectivity index (χ1v) is 8.68. The highest BCUT2D eigenvalue weighted by Crippen LogP contribution is 2.18. The van der Waals surface area contributed by atoms with Crippen molar-refractivity contribution in [2.45, 2.75) is 18.4 Å². The van der Waals surface area contributed by atoms with Crippen LogP contribution in [0.2, 0.25) is 0 Å². The second-order valence-electron chi connectivity index (χ2n) is 5.32. The van der Waals surface area contributed by atoms with Gasteiger partial charge in [-0.15, -0.1) is 10.2 Å². The summed E-state index contributed by atoms with van der Waals surface area (Å²) in [5, 5.41) is 8.00. The van der Waals surface area contributed by atoms with Crippen LogP contribution in [-0.4, -0.2) is 33.8 Å². The first-order valence-electron chi connectivity index (χ1n) is 7.70. The quantitative estimate of drug-likeness (QED) is 0.558. The number of hydrogen-bond acceptors (Lipinski definition) is 7.